The summed E-state index contributed by atoms with van der Waals surface area (Å²) in [5.74, 6) is 1.54. The monoisotopic (exact) mass is 413 g/mol. The Morgan fingerprint density at radius 3 is 2.86 bits per heavy atom. The zero-order valence-corrected chi connectivity index (χ0v) is 16.6. The van der Waals surface area contributed by atoms with Crippen molar-refractivity contribution in [3.05, 3.63) is 68.7 Å². The van der Waals surface area contributed by atoms with Gasteiger partial charge in [0.2, 0.25) is 4.47 Å². The van der Waals surface area contributed by atoms with Crippen molar-refractivity contribution < 1.29 is 4.74 Å². The van der Waals surface area contributed by atoms with Crippen LogP contribution >= 0.6 is 23.1 Å². The summed E-state index contributed by atoms with van der Waals surface area (Å²) in [5, 5.41) is 0. The predicted octanol–water partition coefficient (Wildman–Crippen LogP) is 3.75. The summed E-state index contributed by atoms with van der Waals surface area (Å²) in [4.78, 5) is 21.4. The molecule has 0 aliphatic heterocycles. The molecule has 0 radical (unpaired) electrons. The van der Waals surface area contributed by atoms with Crippen LogP contribution in [0.5, 0.6) is 5.75 Å². The topological polar surface area (TPSA) is 74.3 Å². The van der Waals surface area contributed by atoms with Crippen LogP contribution in [0.2, 0.25) is 4.47 Å². The first kappa shape index (κ1) is 17.4. The highest BCUT2D eigenvalue weighted by atomic mass is 35.5. The highest BCUT2D eigenvalue weighted by Crippen LogP contribution is 2.41. The molecule has 1 saturated carbocycles. The molecule has 1 aliphatic carbocycles. The molecular formula is C19H16ClN5O2S. The number of rotatable bonds is 5. The minimum absolute atomic E-state index is 0.163. The van der Waals surface area contributed by atoms with Crippen molar-refractivity contribution in [1.29, 1.82) is 0 Å². The molecule has 7 nitrogen and oxygen atoms in total. The number of pyridine rings is 2. The molecule has 5 rings (SSSR count). The highest BCUT2D eigenvalue weighted by molar-refractivity contribution is 7.10. The van der Waals surface area contributed by atoms with Crippen molar-refractivity contribution in [2.24, 2.45) is 0 Å². The fraction of sp³-hybridized carbons (Fsp3) is 0.263. The summed E-state index contributed by atoms with van der Waals surface area (Å²) in [6, 6.07) is 7.05. The molecule has 0 unspecified atom stereocenters. The first-order valence-electron chi connectivity index (χ1n) is 8.91. The molecule has 0 spiro atoms. The Morgan fingerprint density at radius 2 is 2.14 bits per heavy atom. The third-order valence-corrected chi connectivity index (χ3v) is 5.66. The van der Waals surface area contributed by atoms with E-state index in [1.165, 1.54) is 24.6 Å². The van der Waals surface area contributed by atoms with E-state index in [1.54, 1.807) is 16.8 Å². The molecule has 28 heavy (non-hydrogen) atoms. The third-order valence-electron chi connectivity index (χ3n) is 4.82. The fourth-order valence-electron chi connectivity index (χ4n) is 3.26. The normalized spacial score (nSPS) is 13.9. The summed E-state index contributed by atoms with van der Waals surface area (Å²) in [6.07, 6.45) is 6.07. The van der Waals surface area contributed by atoms with E-state index >= 15 is 0 Å². The molecular weight excluding hydrogens is 398 g/mol. The number of imidazole rings is 1. The molecule has 0 aromatic carbocycles. The van der Waals surface area contributed by atoms with Crippen LogP contribution in [0.4, 0.5) is 0 Å². The van der Waals surface area contributed by atoms with Crippen molar-refractivity contribution >= 4 is 28.8 Å². The minimum Gasteiger partial charge on any atom is -0.485 e. The van der Waals surface area contributed by atoms with Crippen LogP contribution < -0.4 is 10.3 Å². The minimum atomic E-state index is -0.179. The van der Waals surface area contributed by atoms with Gasteiger partial charge in [-0.3, -0.25) is 9.36 Å². The number of aryl methyl sites for hydroxylation is 1. The van der Waals surface area contributed by atoms with Gasteiger partial charge in [0.25, 0.3) is 5.56 Å². The molecule has 0 amide bonds. The van der Waals surface area contributed by atoms with E-state index in [0.29, 0.717) is 22.0 Å². The van der Waals surface area contributed by atoms with Gasteiger partial charge in [0.05, 0.1) is 11.4 Å². The lowest BCUT2D eigenvalue weighted by Crippen LogP contribution is -2.17. The molecule has 0 saturated heterocycles. The average Bonchev–Trinajstić information content (AvgIpc) is 3.37. The molecule has 4 aromatic rings. The summed E-state index contributed by atoms with van der Waals surface area (Å²) >= 11 is 6.86. The first-order valence-corrected chi connectivity index (χ1v) is 10.1. The van der Waals surface area contributed by atoms with Gasteiger partial charge in [-0.1, -0.05) is 0 Å². The van der Waals surface area contributed by atoms with Gasteiger partial charge < -0.3 is 9.14 Å². The highest BCUT2D eigenvalue weighted by Gasteiger charge is 2.28. The molecule has 1 fully saturated rings. The zero-order valence-electron chi connectivity index (χ0n) is 15.0. The van der Waals surface area contributed by atoms with Crippen LogP contribution in [-0.4, -0.2) is 23.3 Å². The molecule has 1 aliphatic rings. The number of hydrogen-bond acceptors (Lipinski definition) is 6. The number of fused-ring (bicyclic) bond motifs is 1. The van der Waals surface area contributed by atoms with Gasteiger partial charge in [-0.15, -0.1) is 0 Å². The summed E-state index contributed by atoms with van der Waals surface area (Å²) in [7, 11) is 0. The second kappa shape index (κ2) is 6.72. The van der Waals surface area contributed by atoms with Crippen molar-refractivity contribution in [2.45, 2.75) is 32.3 Å². The van der Waals surface area contributed by atoms with Gasteiger partial charge in [0.15, 0.2) is 5.82 Å². The lowest BCUT2D eigenvalue weighted by molar-refractivity contribution is 0.296. The Bertz CT molecular complexity index is 1240. The van der Waals surface area contributed by atoms with E-state index in [0.717, 1.165) is 28.6 Å². The van der Waals surface area contributed by atoms with E-state index in [-0.39, 0.29) is 12.2 Å². The van der Waals surface area contributed by atoms with Gasteiger partial charge in [0.1, 0.15) is 18.0 Å². The van der Waals surface area contributed by atoms with E-state index in [2.05, 4.69) is 20.7 Å². The van der Waals surface area contributed by atoms with Gasteiger partial charge in [-0.25, -0.2) is 9.97 Å². The first-order chi connectivity index (χ1) is 13.6. The van der Waals surface area contributed by atoms with Crippen molar-refractivity contribution in [3.8, 4) is 11.4 Å². The Kier molecular flexibility index (Phi) is 4.17. The number of hydrogen-bond donors (Lipinski definition) is 0. The largest absolute Gasteiger partial charge is 0.485 e. The second-order valence-corrected chi connectivity index (χ2v) is 8.13. The molecule has 9 heteroatoms. The summed E-state index contributed by atoms with van der Waals surface area (Å²) in [5.41, 5.74) is 3.82. The molecule has 0 atom stereocenters. The molecule has 4 heterocycles. The third kappa shape index (κ3) is 3.18. The maximum Gasteiger partial charge on any atom is 0.258 e. The van der Waals surface area contributed by atoms with Gasteiger partial charge in [-0.05, 0) is 61.1 Å². The van der Waals surface area contributed by atoms with Crippen LogP contribution in [0, 0.1) is 6.92 Å². The molecule has 4 aromatic heterocycles. The molecule has 0 N–H and O–H groups in total. The van der Waals surface area contributed by atoms with Crippen molar-refractivity contribution in [1.82, 2.24) is 23.3 Å². The number of ether oxygens (including phenoxy) is 1. The second-order valence-electron chi connectivity index (χ2n) is 6.80. The Hall–Kier alpha value is -2.71. The van der Waals surface area contributed by atoms with Crippen LogP contribution in [0.1, 0.15) is 36.0 Å². The Labute approximate surface area is 169 Å². The number of nitrogens with zero attached hydrogens (tertiary/aromatic N) is 5. The van der Waals surface area contributed by atoms with Crippen molar-refractivity contribution in [2.75, 3.05) is 0 Å². The van der Waals surface area contributed by atoms with Gasteiger partial charge >= 0.3 is 0 Å². The van der Waals surface area contributed by atoms with E-state index in [1.807, 2.05) is 18.3 Å². The number of halogens is 1. The fourth-order valence-corrected chi connectivity index (χ4v) is 3.88. The Balaban J connectivity index is 1.42. The maximum atomic E-state index is 12.6. The molecule has 0 bridgehead atoms. The van der Waals surface area contributed by atoms with Crippen LogP contribution in [-0.2, 0) is 6.61 Å². The molecule has 142 valence electrons. The quantitative estimate of drug-likeness (QED) is 0.498. The van der Waals surface area contributed by atoms with E-state index < -0.39 is 0 Å². The smallest absolute Gasteiger partial charge is 0.258 e. The maximum absolute atomic E-state index is 12.6. The number of aromatic nitrogens is 5. The van der Waals surface area contributed by atoms with Crippen LogP contribution in [0.25, 0.3) is 11.3 Å². The summed E-state index contributed by atoms with van der Waals surface area (Å²) in [6.45, 7) is 2.24. The Morgan fingerprint density at radius 1 is 1.29 bits per heavy atom. The van der Waals surface area contributed by atoms with E-state index in [4.69, 9.17) is 21.3 Å². The SMILES string of the molecule is Cc1c(C2CC2)nc2ccc(-n3ccc(OCc4nsc(Cl)n4)cc3=O)cn12. The standard InChI is InChI=1S/C19H16ClN5O2S/c1-11-18(12-2-3-12)22-16-5-4-13(9-25(11)16)24-7-6-14(8-17(24)26)27-10-15-21-19(20)28-23-15/h4-9,12H,2-3,10H2,1H3. The van der Waals surface area contributed by atoms with E-state index in [9.17, 15) is 4.79 Å². The lowest BCUT2D eigenvalue weighted by Gasteiger charge is -2.09. The van der Waals surface area contributed by atoms with Crippen LogP contribution in [0.15, 0.2) is 41.5 Å². The van der Waals surface area contributed by atoms with Gasteiger partial charge in [-0.2, -0.15) is 4.37 Å². The zero-order chi connectivity index (χ0) is 19.3. The van der Waals surface area contributed by atoms with Crippen molar-refractivity contribution in [3.63, 3.8) is 0 Å². The summed E-state index contributed by atoms with van der Waals surface area (Å²) < 4.78 is 13.7. The lowest BCUT2D eigenvalue weighted by atomic mass is 10.2. The predicted molar refractivity (Wildman–Crippen MR) is 107 cm³/mol. The van der Waals surface area contributed by atoms with Gasteiger partial charge in [0, 0.05) is 30.1 Å². The van der Waals surface area contributed by atoms with Crippen LogP contribution in [0.3, 0.4) is 0 Å². The average molecular weight is 414 g/mol.